The third-order valence-electron chi connectivity index (χ3n) is 3.28. The second-order valence-corrected chi connectivity index (χ2v) is 5.90. The molecule has 2 nitrogen and oxygen atoms in total. The van der Waals surface area contributed by atoms with Crippen LogP contribution in [0.2, 0.25) is 0 Å². The van der Waals surface area contributed by atoms with Crippen molar-refractivity contribution in [3.63, 3.8) is 0 Å². The Morgan fingerprint density at radius 1 is 1.24 bits per heavy atom. The van der Waals surface area contributed by atoms with Gasteiger partial charge in [-0.3, -0.25) is 0 Å². The Balaban J connectivity index is 1.79. The fraction of sp³-hybridized carbons (Fsp3) is 0.571. The van der Waals surface area contributed by atoms with E-state index in [-0.39, 0.29) is 0 Å². The lowest BCUT2D eigenvalue weighted by Gasteiger charge is -2.29. The third kappa shape index (κ3) is 4.41. The lowest BCUT2D eigenvalue weighted by molar-refractivity contribution is 0.211. The number of benzene rings is 1. The van der Waals surface area contributed by atoms with Crippen molar-refractivity contribution < 1.29 is 0 Å². The van der Waals surface area contributed by atoms with Crippen molar-refractivity contribution >= 4 is 15.9 Å². The molecule has 3 heteroatoms. The number of piperazine rings is 1. The molecule has 1 aromatic rings. The van der Waals surface area contributed by atoms with Crippen molar-refractivity contribution in [1.82, 2.24) is 10.2 Å². The molecule has 0 amide bonds. The summed E-state index contributed by atoms with van der Waals surface area (Å²) < 4.78 is 1.16. The van der Waals surface area contributed by atoms with Gasteiger partial charge in [0.05, 0.1) is 0 Å². The maximum absolute atomic E-state index is 3.48. The van der Waals surface area contributed by atoms with Gasteiger partial charge in [-0.2, -0.15) is 0 Å². The SMILES string of the molecule is CC(Cc1ccc(Br)cc1)CN1CCNCC1. The van der Waals surface area contributed by atoms with Gasteiger partial charge in [0.1, 0.15) is 0 Å². The average Bonchev–Trinajstić information content (AvgIpc) is 2.33. The number of halogens is 1. The summed E-state index contributed by atoms with van der Waals surface area (Å²) in [6.07, 6.45) is 1.18. The van der Waals surface area contributed by atoms with Crippen LogP contribution >= 0.6 is 15.9 Å². The first-order chi connectivity index (χ1) is 8.24. The molecule has 0 aromatic heterocycles. The molecule has 0 saturated carbocycles. The first-order valence-corrected chi connectivity index (χ1v) is 7.21. The zero-order valence-electron chi connectivity index (χ0n) is 10.5. The molecule has 1 atom stereocenters. The number of rotatable bonds is 4. The van der Waals surface area contributed by atoms with Crippen molar-refractivity contribution in [2.45, 2.75) is 13.3 Å². The highest BCUT2D eigenvalue weighted by Gasteiger charge is 2.13. The summed E-state index contributed by atoms with van der Waals surface area (Å²) >= 11 is 3.48. The molecule has 0 bridgehead atoms. The molecule has 1 aromatic carbocycles. The molecule has 1 saturated heterocycles. The molecular formula is C14H21BrN2. The molecule has 17 heavy (non-hydrogen) atoms. The van der Waals surface area contributed by atoms with Gasteiger partial charge in [-0.05, 0) is 30.0 Å². The summed E-state index contributed by atoms with van der Waals surface area (Å²) in [5, 5.41) is 3.40. The van der Waals surface area contributed by atoms with E-state index in [9.17, 15) is 0 Å². The van der Waals surface area contributed by atoms with Crippen LogP contribution in [-0.4, -0.2) is 37.6 Å². The Kier molecular flexibility index (Phi) is 5.01. The van der Waals surface area contributed by atoms with Crippen LogP contribution in [-0.2, 0) is 6.42 Å². The van der Waals surface area contributed by atoms with E-state index in [1.54, 1.807) is 0 Å². The van der Waals surface area contributed by atoms with Gasteiger partial charge in [0.15, 0.2) is 0 Å². The topological polar surface area (TPSA) is 15.3 Å². The van der Waals surface area contributed by atoms with Gasteiger partial charge in [0, 0.05) is 37.2 Å². The van der Waals surface area contributed by atoms with Crippen molar-refractivity contribution in [3.8, 4) is 0 Å². The van der Waals surface area contributed by atoms with Crippen LogP contribution in [0.1, 0.15) is 12.5 Å². The zero-order valence-corrected chi connectivity index (χ0v) is 12.0. The molecular weight excluding hydrogens is 276 g/mol. The smallest absolute Gasteiger partial charge is 0.0175 e. The summed E-state index contributed by atoms with van der Waals surface area (Å²) in [7, 11) is 0. The maximum atomic E-state index is 3.48. The molecule has 1 heterocycles. The summed E-state index contributed by atoms with van der Waals surface area (Å²) in [5.74, 6) is 0.731. The molecule has 2 rings (SSSR count). The van der Waals surface area contributed by atoms with Gasteiger partial charge >= 0.3 is 0 Å². The molecule has 1 N–H and O–H groups in total. The minimum atomic E-state index is 0.731. The quantitative estimate of drug-likeness (QED) is 0.919. The minimum absolute atomic E-state index is 0.731. The molecule has 0 spiro atoms. The van der Waals surface area contributed by atoms with Crippen LogP contribution in [0.4, 0.5) is 0 Å². The molecule has 0 aliphatic carbocycles. The fourth-order valence-corrected chi connectivity index (χ4v) is 2.69. The Labute approximate surface area is 113 Å². The van der Waals surface area contributed by atoms with E-state index in [1.165, 1.54) is 31.6 Å². The zero-order chi connectivity index (χ0) is 12.1. The average molecular weight is 297 g/mol. The van der Waals surface area contributed by atoms with Gasteiger partial charge in [0.25, 0.3) is 0 Å². The maximum Gasteiger partial charge on any atom is 0.0175 e. The molecule has 0 radical (unpaired) electrons. The predicted molar refractivity (Wildman–Crippen MR) is 76.3 cm³/mol. The molecule has 94 valence electrons. The van der Waals surface area contributed by atoms with E-state index >= 15 is 0 Å². The normalized spacial score (nSPS) is 19.2. The van der Waals surface area contributed by atoms with Gasteiger partial charge in [-0.1, -0.05) is 35.0 Å². The molecule has 1 fully saturated rings. The van der Waals surface area contributed by atoms with Crippen molar-refractivity contribution in [1.29, 1.82) is 0 Å². The molecule has 1 unspecified atom stereocenters. The van der Waals surface area contributed by atoms with Crippen molar-refractivity contribution in [3.05, 3.63) is 34.3 Å². The Bertz CT molecular complexity index is 331. The second kappa shape index (κ2) is 6.53. The number of hydrogen-bond donors (Lipinski definition) is 1. The van der Waals surface area contributed by atoms with Crippen LogP contribution in [0.5, 0.6) is 0 Å². The van der Waals surface area contributed by atoms with E-state index in [2.05, 4.69) is 57.3 Å². The first-order valence-electron chi connectivity index (χ1n) is 6.41. The van der Waals surface area contributed by atoms with Gasteiger partial charge < -0.3 is 10.2 Å². The summed E-state index contributed by atoms with van der Waals surface area (Å²) in [5.41, 5.74) is 1.44. The second-order valence-electron chi connectivity index (χ2n) is 4.99. The Morgan fingerprint density at radius 2 is 1.88 bits per heavy atom. The minimum Gasteiger partial charge on any atom is -0.314 e. The first kappa shape index (κ1) is 13.1. The van der Waals surface area contributed by atoms with E-state index in [0.717, 1.165) is 23.5 Å². The summed E-state index contributed by atoms with van der Waals surface area (Å²) in [6.45, 7) is 8.26. The Hall–Kier alpha value is -0.380. The van der Waals surface area contributed by atoms with E-state index < -0.39 is 0 Å². The van der Waals surface area contributed by atoms with Crippen molar-refractivity contribution in [2.75, 3.05) is 32.7 Å². The van der Waals surface area contributed by atoms with Crippen LogP contribution in [0.15, 0.2) is 28.7 Å². The highest BCUT2D eigenvalue weighted by atomic mass is 79.9. The molecule has 1 aliphatic rings. The summed E-state index contributed by atoms with van der Waals surface area (Å²) in [4.78, 5) is 2.57. The summed E-state index contributed by atoms with van der Waals surface area (Å²) in [6, 6.07) is 8.70. The predicted octanol–water partition coefficient (Wildman–Crippen LogP) is 2.53. The van der Waals surface area contributed by atoms with Crippen LogP contribution in [0, 0.1) is 5.92 Å². The monoisotopic (exact) mass is 296 g/mol. The highest BCUT2D eigenvalue weighted by Crippen LogP contribution is 2.14. The number of nitrogens with one attached hydrogen (secondary N) is 1. The number of hydrogen-bond acceptors (Lipinski definition) is 2. The van der Waals surface area contributed by atoms with Gasteiger partial charge in [0.2, 0.25) is 0 Å². The highest BCUT2D eigenvalue weighted by molar-refractivity contribution is 9.10. The Morgan fingerprint density at radius 3 is 2.53 bits per heavy atom. The van der Waals surface area contributed by atoms with Crippen LogP contribution < -0.4 is 5.32 Å². The molecule has 1 aliphatic heterocycles. The fourth-order valence-electron chi connectivity index (χ4n) is 2.42. The lowest BCUT2D eigenvalue weighted by Crippen LogP contribution is -2.45. The van der Waals surface area contributed by atoms with E-state index in [0.29, 0.717) is 0 Å². The van der Waals surface area contributed by atoms with Crippen LogP contribution in [0.25, 0.3) is 0 Å². The number of nitrogens with zero attached hydrogens (tertiary/aromatic N) is 1. The largest absolute Gasteiger partial charge is 0.314 e. The van der Waals surface area contributed by atoms with Crippen LogP contribution in [0.3, 0.4) is 0 Å². The van der Waals surface area contributed by atoms with Crippen molar-refractivity contribution in [2.24, 2.45) is 5.92 Å². The van der Waals surface area contributed by atoms with Gasteiger partial charge in [-0.25, -0.2) is 0 Å². The lowest BCUT2D eigenvalue weighted by atomic mass is 10.0. The van der Waals surface area contributed by atoms with Gasteiger partial charge in [-0.15, -0.1) is 0 Å². The van der Waals surface area contributed by atoms with E-state index in [1.807, 2.05) is 0 Å². The standard InChI is InChI=1S/C14H21BrN2/c1-12(11-17-8-6-16-7-9-17)10-13-2-4-14(15)5-3-13/h2-5,12,16H,6-11H2,1H3. The van der Waals surface area contributed by atoms with E-state index in [4.69, 9.17) is 0 Å². The third-order valence-corrected chi connectivity index (χ3v) is 3.81.